The molecule has 0 aliphatic heterocycles. The molecule has 0 spiro atoms. The Kier molecular flexibility index (Phi) is 6.43. The third-order valence-corrected chi connectivity index (χ3v) is 2.76. The van der Waals surface area contributed by atoms with Gasteiger partial charge in [0, 0.05) is 12.2 Å². The number of carboxylic acids is 1. The van der Waals surface area contributed by atoms with E-state index in [1.54, 1.807) is 0 Å². The van der Waals surface area contributed by atoms with Crippen LogP contribution in [0.15, 0.2) is 30.3 Å². The number of carbonyl (C=O) groups excluding carboxylic acids is 1. The van der Waals surface area contributed by atoms with Gasteiger partial charge in [0.05, 0.1) is 12.5 Å². The molecule has 1 atom stereocenters. The van der Waals surface area contributed by atoms with Crippen molar-refractivity contribution in [3.8, 4) is 0 Å². The van der Waals surface area contributed by atoms with Gasteiger partial charge in [0.25, 0.3) is 0 Å². The van der Waals surface area contributed by atoms with E-state index in [2.05, 4.69) is 10.6 Å². The number of anilines is 1. The first kappa shape index (κ1) is 15.0. The summed E-state index contributed by atoms with van der Waals surface area (Å²) in [6, 6.07) is 9.38. The van der Waals surface area contributed by atoms with Crippen LogP contribution in [-0.2, 0) is 9.59 Å². The van der Waals surface area contributed by atoms with Crippen LogP contribution < -0.4 is 10.6 Å². The van der Waals surface area contributed by atoms with Gasteiger partial charge in [0.2, 0.25) is 5.91 Å². The fourth-order valence-electron chi connectivity index (χ4n) is 1.70. The predicted molar refractivity (Wildman–Crippen MR) is 74.0 cm³/mol. The summed E-state index contributed by atoms with van der Waals surface area (Å²) in [5, 5.41) is 14.6. The molecule has 0 bridgehead atoms. The number of amides is 1. The number of para-hydroxylation sites is 1. The Labute approximate surface area is 113 Å². The number of hydrogen-bond acceptors (Lipinski definition) is 3. The third kappa shape index (κ3) is 5.90. The van der Waals surface area contributed by atoms with Gasteiger partial charge in [-0.25, -0.2) is 0 Å². The molecule has 5 heteroatoms. The molecule has 1 rings (SSSR count). The molecule has 19 heavy (non-hydrogen) atoms. The maximum absolute atomic E-state index is 11.6. The van der Waals surface area contributed by atoms with Gasteiger partial charge in [0.15, 0.2) is 0 Å². The summed E-state index contributed by atoms with van der Waals surface area (Å²) in [5.74, 6) is -1.57. The van der Waals surface area contributed by atoms with E-state index in [4.69, 9.17) is 5.11 Å². The molecule has 1 unspecified atom stereocenters. The van der Waals surface area contributed by atoms with Crippen LogP contribution in [0.3, 0.4) is 0 Å². The molecule has 0 radical (unpaired) electrons. The van der Waals surface area contributed by atoms with E-state index in [1.807, 2.05) is 37.3 Å². The zero-order valence-electron chi connectivity index (χ0n) is 11.1. The predicted octanol–water partition coefficient (Wildman–Crippen LogP) is 1.72. The van der Waals surface area contributed by atoms with Crippen LogP contribution in [0, 0.1) is 5.92 Å². The van der Waals surface area contributed by atoms with Crippen molar-refractivity contribution in [1.29, 1.82) is 0 Å². The normalized spacial score (nSPS) is 11.6. The van der Waals surface area contributed by atoms with Crippen molar-refractivity contribution in [2.45, 2.75) is 19.8 Å². The summed E-state index contributed by atoms with van der Waals surface area (Å²) in [5.41, 5.74) is 0.862. The Morgan fingerprint density at radius 1 is 1.26 bits per heavy atom. The van der Waals surface area contributed by atoms with Crippen LogP contribution in [0.5, 0.6) is 0 Å². The molecule has 3 N–H and O–H groups in total. The molecule has 0 fully saturated rings. The maximum atomic E-state index is 11.6. The topological polar surface area (TPSA) is 78.4 Å². The Morgan fingerprint density at radius 2 is 1.95 bits per heavy atom. The van der Waals surface area contributed by atoms with Crippen molar-refractivity contribution in [2.24, 2.45) is 5.92 Å². The SMILES string of the molecule is CCCC(CNC(=O)CNc1ccccc1)C(=O)O. The van der Waals surface area contributed by atoms with Crippen LogP contribution in [0.25, 0.3) is 0 Å². The largest absolute Gasteiger partial charge is 0.481 e. The van der Waals surface area contributed by atoms with E-state index < -0.39 is 11.9 Å². The number of nitrogens with one attached hydrogen (secondary N) is 2. The molecule has 0 heterocycles. The monoisotopic (exact) mass is 264 g/mol. The fourth-order valence-corrected chi connectivity index (χ4v) is 1.70. The first-order valence-electron chi connectivity index (χ1n) is 6.42. The highest BCUT2D eigenvalue weighted by atomic mass is 16.4. The van der Waals surface area contributed by atoms with Gasteiger partial charge in [0.1, 0.15) is 0 Å². The maximum Gasteiger partial charge on any atom is 0.308 e. The van der Waals surface area contributed by atoms with Crippen LogP contribution in [-0.4, -0.2) is 30.1 Å². The highest BCUT2D eigenvalue weighted by Gasteiger charge is 2.16. The van der Waals surface area contributed by atoms with E-state index in [9.17, 15) is 9.59 Å². The van der Waals surface area contributed by atoms with Crippen molar-refractivity contribution >= 4 is 17.6 Å². The first-order chi connectivity index (χ1) is 9.13. The second-order valence-corrected chi connectivity index (χ2v) is 4.35. The summed E-state index contributed by atoms with van der Waals surface area (Å²) < 4.78 is 0. The van der Waals surface area contributed by atoms with Gasteiger partial charge in [-0.15, -0.1) is 0 Å². The summed E-state index contributed by atoms with van der Waals surface area (Å²) in [4.78, 5) is 22.5. The van der Waals surface area contributed by atoms with Gasteiger partial charge in [-0.1, -0.05) is 31.5 Å². The number of aliphatic carboxylic acids is 1. The van der Waals surface area contributed by atoms with Gasteiger partial charge < -0.3 is 15.7 Å². The molecule has 104 valence electrons. The molecule has 0 saturated heterocycles. The van der Waals surface area contributed by atoms with Crippen LogP contribution >= 0.6 is 0 Å². The van der Waals surface area contributed by atoms with Gasteiger partial charge in [-0.2, -0.15) is 0 Å². The average molecular weight is 264 g/mol. The lowest BCUT2D eigenvalue weighted by atomic mass is 10.0. The number of carboxylic acid groups (broad SMARTS) is 1. The minimum atomic E-state index is -0.863. The molecular weight excluding hydrogens is 244 g/mol. The van der Waals surface area contributed by atoms with Crippen molar-refractivity contribution in [2.75, 3.05) is 18.4 Å². The number of carbonyl (C=O) groups is 2. The lowest BCUT2D eigenvalue weighted by molar-refractivity contribution is -0.141. The van der Waals surface area contributed by atoms with Gasteiger partial charge >= 0.3 is 5.97 Å². The van der Waals surface area contributed by atoms with Crippen LogP contribution in [0.4, 0.5) is 5.69 Å². The molecule has 1 aromatic carbocycles. The van der Waals surface area contributed by atoms with Crippen molar-refractivity contribution in [3.63, 3.8) is 0 Å². The quantitative estimate of drug-likeness (QED) is 0.668. The zero-order chi connectivity index (χ0) is 14.1. The lowest BCUT2D eigenvalue weighted by Gasteiger charge is -2.13. The minimum absolute atomic E-state index is 0.141. The summed E-state index contributed by atoms with van der Waals surface area (Å²) in [7, 11) is 0. The lowest BCUT2D eigenvalue weighted by Crippen LogP contribution is -2.36. The third-order valence-electron chi connectivity index (χ3n) is 2.76. The standard InChI is InChI=1S/C14H20N2O3/c1-2-6-11(14(18)19)9-16-13(17)10-15-12-7-4-3-5-8-12/h3-5,7-8,11,15H,2,6,9-10H2,1H3,(H,16,17)(H,18,19). The zero-order valence-corrected chi connectivity index (χ0v) is 11.1. The Balaban J connectivity index is 2.29. The Bertz CT molecular complexity index is 406. The summed E-state index contributed by atoms with van der Waals surface area (Å²) in [6.45, 7) is 2.25. The van der Waals surface area contributed by atoms with Crippen LogP contribution in [0.2, 0.25) is 0 Å². The first-order valence-corrected chi connectivity index (χ1v) is 6.42. The second-order valence-electron chi connectivity index (χ2n) is 4.35. The summed E-state index contributed by atoms with van der Waals surface area (Å²) >= 11 is 0. The van der Waals surface area contributed by atoms with Crippen molar-refractivity contribution in [3.05, 3.63) is 30.3 Å². The molecule has 0 aliphatic rings. The molecule has 0 aliphatic carbocycles. The number of benzene rings is 1. The number of hydrogen-bond donors (Lipinski definition) is 3. The molecule has 1 amide bonds. The van der Waals surface area contributed by atoms with E-state index >= 15 is 0 Å². The van der Waals surface area contributed by atoms with E-state index in [0.29, 0.717) is 6.42 Å². The van der Waals surface area contributed by atoms with E-state index in [-0.39, 0.29) is 19.0 Å². The van der Waals surface area contributed by atoms with E-state index in [0.717, 1.165) is 12.1 Å². The average Bonchev–Trinajstić information content (AvgIpc) is 2.42. The highest BCUT2D eigenvalue weighted by Crippen LogP contribution is 2.05. The van der Waals surface area contributed by atoms with Crippen LogP contribution in [0.1, 0.15) is 19.8 Å². The Morgan fingerprint density at radius 3 is 2.53 bits per heavy atom. The fraction of sp³-hybridized carbons (Fsp3) is 0.429. The highest BCUT2D eigenvalue weighted by molar-refractivity contribution is 5.81. The molecule has 1 aromatic rings. The second kappa shape index (κ2) is 8.13. The molecular formula is C14H20N2O3. The molecule has 0 aromatic heterocycles. The van der Waals surface area contributed by atoms with Gasteiger partial charge in [-0.05, 0) is 18.6 Å². The summed E-state index contributed by atoms with van der Waals surface area (Å²) in [6.07, 6.45) is 1.36. The van der Waals surface area contributed by atoms with E-state index in [1.165, 1.54) is 0 Å². The molecule has 0 saturated carbocycles. The minimum Gasteiger partial charge on any atom is -0.481 e. The number of rotatable bonds is 8. The Hall–Kier alpha value is -2.04. The smallest absolute Gasteiger partial charge is 0.308 e. The van der Waals surface area contributed by atoms with Gasteiger partial charge in [-0.3, -0.25) is 9.59 Å². The molecule has 5 nitrogen and oxygen atoms in total. The van der Waals surface area contributed by atoms with Crippen molar-refractivity contribution in [1.82, 2.24) is 5.32 Å². The van der Waals surface area contributed by atoms with Crippen molar-refractivity contribution < 1.29 is 14.7 Å².